The van der Waals surface area contributed by atoms with Gasteiger partial charge < -0.3 is 15.5 Å². The average molecular weight is 229 g/mol. The summed E-state index contributed by atoms with van der Waals surface area (Å²) in [5.41, 5.74) is 9.08. The minimum atomic E-state index is 0.0657. The summed E-state index contributed by atoms with van der Waals surface area (Å²) in [5.74, 6) is 0.0657. The number of aromatic nitrogens is 1. The molecule has 1 amide bonds. The van der Waals surface area contributed by atoms with Crippen LogP contribution in [0.4, 0.5) is 11.7 Å². The van der Waals surface area contributed by atoms with Gasteiger partial charge in [0.25, 0.3) is 6.01 Å². The van der Waals surface area contributed by atoms with Crippen molar-refractivity contribution in [3.05, 3.63) is 30.0 Å². The van der Waals surface area contributed by atoms with Gasteiger partial charge in [0.2, 0.25) is 5.91 Å². The molecular weight excluding hydrogens is 218 g/mol. The second-order valence-corrected chi connectivity index (χ2v) is 3.99. The monoisotopic (exact) mass is 229 g/mol. The fourth-order valence-electron chi connectivity index (χ4n) is 1.96. The lowest BCUT2D eigenvalue weighted by Crippen LogP contribution is -2.18. The number of rotatable bonds is 1. The minimum absolute atomic E-state index is 0.0657. The van der Waals surface area contributed by atoms with Crippen LogP contribution in [0.2, 0.25) is 0 Å². The lowest BCUT2D eigenvalue weighted by atomic mass is 9.99. The van der Waals surface area contributed by atoms with E-state index in [0.29, 0.717) is 12.1 Å². The molecule has 1 aliphatic heterocycles. The summed E-state index contributed by atoms with van der Waals surface area (Å²) in [4.78, 5) is 15.3. The van der Waals surface area contributed by atoms with Crippen LogP contribution in [0.1, 0.15) is 12.0 Å². The molecule has 17 heavy (non-hydrogen) atoms. The van der Waals surface area contributed by atoms with E-state index in [9.17, 15) is 4.79 Å². The number of nitrogens with one attached hydrogen (secondary N) is 1. The highest BCUT2D eigenvalue weighted by Gasteiger charge is 2.15. The van der Waals surface area contributed by atoms with Crippen molar-refractivity contribution in [2.75, 3.05) is 11.1 Å². The highest BCUT2D eigenvalue weighted by molar-refractivity contribution is 5.94. The van der Waals surface area contributed by atoms with E-state index in [0.717, 1.165) is 23.2 Å². The zero-order valence-corrected chi connectivity index (χ0v) is 9.06. The van der Waals surface area contributed by atoms with E-state index in [1.165, 1.54) is 6.26 Å². The maximum Gasteiger partial charge on any atom is 0.292 e. The van der Waals surface area contributed by atoms with Gasteiger partial charge in [0.05, 0.1) is 0 Å². The molecule has 2 heterocycles. The third-order valence-electron chi connectivity index (χ3n) is 2.82. The zero-order chi connectivity index (χ0) is 11.8. The largest absolute Gasteiger partial charge is 0.432 e. The number of carbonyl (C=O) groups is 1. The Morgan fingerprint density at radius 2 is 2.24 bits per heavy atom. The van der Waals surface area contributed by atoms with Crippen molar-refractivity contribution < 1.29 is 9.21 Å². The van der Waals surface area contributed by atoms with E-state index in [4.69, 9.17) is 10.2 Å². The first kappa shape index (κ1) is 9.89. The highest BCUT2D eigenvalue weighted by atomic mass is 16.4. The Morgan fingerprint density at radius 3 is 3.00 bits per heavy atom. The minimum Gasteiger partial charge on any atom is -0.432 e. The molecule has 1 aliphatic rings. The first-order valence-corrected chi connectivity index (χ1v) is 5.36. The van der Waals surface area contributed by atoms with Gasteiger partial charge in [-0.15, -0.1) is 0 Å². The number of anilines is 2. The van der Waals surface area contributed by atoms with Crippen molar-refractivity contribution in [2.45, 2.75) is 12.8 Å². The predicted octanol–water partition coefficient (Wildman–Crippen LogP) is 1.81. The molecule has 0 bridgehead atoms. The summed E-state index contributed by atoms with van der Waals surface area (Å²) in [6.07, 6.45) is 2.80. The molecule has 5 nitrogen and oxygen atoms in total. The lowest BCUT2D eigenvalue weighted by Gasteiger charge is -2.16. The van der Waals surface area contributed by atoms with Gasteiger partial charge in [0.15, 0.2) is 0 Å². The van der Waals surface area contributed by atoms with Crippen molar-refractivity contribution in [1.29, 1.82) is 0 Å². The number of nitrogens with two attached hydrogens (primary N) is 1. The van der Waals surface area contributed by atoms with Crippen LogP contribution in [0.3, 0.4) is 0 Å². The van der Waals surface area contributed by atoms with E-state index in [-0.39, 0.29) is 11.9 Å². The smallest absolute Gasteiger partial charge is 0.292 e. The number of oxazole rings is 1. The van der Waals surface area contributed by atoms with Crippen molar-refractivity contribution >= 4 is 17.6 Å². The molecule has 0 fully saturated rings. The van der Waals surface area contributed by atoms with Gasteiger partial charge >= 0.3 is 0 Å². The van der Waals surface area contributed by atoms with Gasteiger partial charge in [-0.25, -0.2) is 0 Å². The Hall–Kier alpha value is -2.30. The average Bonchev–Trinajstić information content (AvgIpc) is 2.75. The van der Waals surface area contributed by atoms with Crippen molar-refractivity contribution in [1.82, 2.24) is 4.98 Å². The molecule has 0 aliphatic carbocycles. The Morgan fingerprint density at radius 1 is 1.35 bits per heavy atom. The van der Waals surface area contributed by atoms with E-state index in [1.807, 2.05) is 18.2 Å². The molecule has 2 aromatic rings. The standard InChI is InChI=1S/C12H11N3O2/c13-12-15-10(6-17-12)8-1-3-9-7(5-8)2-4-11(16)14-9/h1,3,5-6H,2,4H2,(H2,13,15)(H,14,16). The van der Waals surface area contributed by atoms with Gasteiger partial charge in [-0.3, -0.25) is 4.79 Å². The summed E-state index contributed by atoms with van der Waals surface area (Å²) in [6, 6.07) is 5.94. The second-order valence-electron chi connectivity index (χ2n) is 3.99. The third kappa shape index (κ3) is 1.75. The molecule has 1 aromatic heterocycles. The van der Waals surface area contributed by atoms with Crippen LogP contribution in [0.5, 0.6) is 0 Å². The van der Waals surface area contributed by atoms with Crippen LogP contribution >= 0.6 is 0 Å². The van der Waals surface area contributed by atoms with Gasteiger partial charge in [0.1, 0.15) is 12.0 Å². The number of hydrogen-bond donors (Lipinski definition) is 2. The second kappa shape index (κ2) is 3.62. The van der Waals surface area contributed by atoms with Crippen LogP contribution in [-0.2, 0) is 11.2 Å². The summed E-state index contributed by atoms with van der Waals surface area (Å²) in [6.45, 7) is 0. The Labute approximate surface area is 97.6 Å². The van der Waals surface area contributed by atoms with E-state index in [2.05, 4.69) is 10.3 Å². The molecule has 0 saturated carbocycles. The maximum atomic E-state index is 11.2. The summed E-state index contributed by atoms with van der Waals surface area (Å²) in [7, 11) is 0. The highest BCUT2D eigenvalue weighted by Crippen LogP contribution is 2.28. The molecule has 0 saturated heterocycles. The van der Waals surface area contributed by atoms with Gasteiger partial charge in [-0.05, 0) is 24.1 Å². The quantitative estimate of drug-likeness (QED) is 0.781. The number of nitrogens with zero attached hydrogens (tertiary/aromatic N) is 1. The first-order chi connectivity index (χ1) is 8.22. The summed E-state index contributed by atoms with van der Waals surface area (Å²) < 4.78 is 4.98. The zero-order valence-electron chi connectivity index (χ0n) is 9.06. The molecule has 3 N–H and O–H groups in total. The summed E-state index contributed by atoms with van der Waals surface area (Å²) >= 11 is 0. The maximum absolute atomic E-state index is 11.2. The third-order valence-corrected chi connectivity index (χ3v) is 2.82. The fraction of sp³-hybridized carbons (Fsp3) is 0.167. The van der Waals surface area contributed by atoms with Crippen LogP contribution in [0, 0.1) is 0 Å². The molecule has 0 radical (unpaired) electrons. The SMILES string of the molecule is Nc1nc(-c2ccc3c(c2)CCC(=O)N3)co1. The van der Waals surface area contributed by atoms with Crippen LogP contribution in [0.15, 0.2) is 28.9 Å². The number of benzene rings is 1. The van der Waals surface area contributed by atoms with Crippen molar-refractivity contribution in [3.63, 3.8) is 0 Å². The van der Waals surface area contributed by atoms with Gasteiger partial charge in [0, 0.05) is 17.7 Å². The lowest BCUT2D eigenvalue weighted by molar-refractivity contribution is -0.116. The first-order valence-electron chi connectivity index (χ1n) is 5.36. The molecule has 0 atom stereocenters. The normalized spacial score (nSPS) is 14.2. The molecule has 5 heteroatoms. The number of amides is 1. The molecule has 3 rings (SSSR count). The van der Waals surface area contributed by atoms with Gasteiger partial charge in [-0.2, -0.15) is 4.98 Å². The van der Waals surface area contributed by atoms with Crippen LogP contribution in [-0.4, -0.2) is 10.9 Å². The number of aryl methyl sites for hydroxylation is 1. The van der Waals surface area contributed by atoms with Crippen LogP contribution < -0.4 is 11.1 Å². The fourth-order valence-corrected chi connectivity index (χ4v) is 1.96. The number of fused-ring (bicyclic) bond motifs is 1. The number of carbonyl (C=O) groups excluding carboxylic acids is 1. The topological polar surface area (TPSA) is 81.1 Å². The molecule has 1 aromatic carbocycles. The van der Waals surface area contributed by atoms with Crippen molar-refractivity contribution in [3.8, 4) is 11.3 Å². The van der Waals surface area contributed by atoms with Gasteiger partial charge in [-0.1, -0.05) is 6.07 Å². The van der Waals surface area contributed by atoms with E-state index < -0.39 is 0 Å². The van der Waals surface area contributed by atoms with Crippen molar-refractivity contribution in [2.24, 2.45) is 0 Å². The summed E-state index contributed by atoms with van der Waals surface area (Å²) in [5, 5.41) is 2.84. The van der Waals surface area contributed by atoms with E-state index >= 15 is 0 Å². The molecule has 0 spiro atoms. The van der Waals surface area contributed by atoms with Crippen LogP contribution in [0.25, 0.3) is 11.3 Å². The van der Waals surface area contributed by atoms with E-state index in [1.54, 1.807) is 0 Å². The number of nitrogen functional groups attached to an aromatic ring is 1. The molecule has 86 valence electrons. The molecular formula is C12H11N3O2. The Balaban J connectivity index is 2.01. The predicted molar refractivity (Wildman–Crippen MR) is 63.3 cm³/mol. The number of hydrogen-bond acceptors (Lipinski definition) is 4. The molecule has 0 unspecified atom stereocenters. The Bertz CT molecular complexity index is 589. The Kier molecular flexibility index (Phi) is 2.11.